The molecule has 0 bridgehead atoms. The molecule has 0 aliphatic carbocycles. The van der Waals surface area contributed by atoms with Crippen LogP contribution in [0.1, 0.15) is 13.8 Å². The van der Waals surface area contributed by atoms with E-state index < -0.39 is 6.10 Å². The van der Waals surface area contributed by atoms with Gasteiger partial charge in [-0.1, -0.05) is 6.92 Å². The van der Waals surface area contributed by atoms with E-state index in [1.54, 1.807) is 7.11 Å². The molecule has 16 heavy (non-hydrogen) atoms. The lowest BCUT2D eigenvalue weighted by Crippen LogP contribution is -2.43. The van der Waals surface area contributed by atoms with Crippen molar-refractivity contribution in [3.8, 4) is 0 Å². The highest BCUT2D eigenvalue weighted by Crippen LogP contribution is 2.11. The van der Waals surface area contributed by atoms with Gasteiger partial charge in [-0.3, -0.25) is 4.79 Å². The third-order valence-corrected chi connectivity index (χ3v) is 2.85. The van der Waals surface area contributed by atoms with Gasteiger partial charge in [-0.25, -0.2) is 0 Å². The zero-order valence-electron chi connectivity index (χ0n) is 10.8. The summed E-state index contributed by atoms with van der Waals surface area (Å²) in [5.41, 5.74) is 0. The first kappa shape index (κ1) is 15.3. The lowest BCUT2D eigenvalue weighted by molar-refractivity contribution is -0.147. The number of carbonyl (C=O) groups is 1. The SMILES string of the molecule is COCC(O)CN(C)C(C)C(C)C(=O)OC. The van der Waals surface area contributed by atoms with Crippen molar-refractivity contribution in [2.45, 2.75) is 26.0 Å². The Morgan fingerprint density at radius 2 is 1.94 bits per heavy atom. The van der Waals surface area contributed by atoms with Crippen LogP contribution in [0.2, 0.25) is 0 Å². The Hall–Kier alpha value is -0.650. The van der Waals surface area contributed by atoms with Crippen LogP contribution in [0.3, 0.4) is 0 Å². The predicted octanol–water partition coefficient (Wildman–Crippen LogP) is 0.123. The normalized spacial score (nSPS) is 16.9. The molecule has 0 aliphatic rings. The fourth-order valence-corrected chi connectivity index (χ4v) is 1.51. The number of aliphatic hydroxyl groups is 1. The quantitative estimate of drug-likeness (QED) is 0.633. The van der Waals surface area contributed by atoms with E-state index in [1.807, 2.05) is 25.8 Å². The second-order valence-corrected chi connectivity index (χ2v) is 4.10. The third kappa shape index (κ3) is 4.92. The zero-order chi connectivity index (χ0) is 12.7. The minimum atomic E-state index is -0.540. The Bertz CT molecular complexity index is 210. The van der Waals surface area contributed by atoms with Crippen LogP contribution in [0.5, 0.6) is 0 Å². The van der Waals surface area contributed by atoms with E-state index in [4.69, 9.17) is 4.74 Å². The molecule has 5 heteroatoms. The monoisotopic (exact) mass is 233 g/mol. The largest absolute Gasteiger partial charge is 0.469 e. The van der Waals surface area contributed by atoms with Crippen molar-refractivity contribution in [3.63, 3.8) is 0 Å². The van der Waals surface area contributed by atoms with Gasteiger partial charge in [-0.05, 0) is 14.0 Å². The van der Waals surface area contributed by atoms with Crippen molar-refractivity contribution in [1.82, 2.24) is 4.90 Å². The molecule has 5 nitrogen and oxygen atoms in total. The van der Waals surface area contributed by atoms with Gasteiger partial charge in [0, 0.05) is 19.7 Å². The first-order valence-corrected chi connectivity index (χ1v) is 5.39. The van der Waals surface area contributed by atoms with Gasteiger partial charge < -0.3 is 19.5 Å². The lowest BCUT2D eigenvalue weighted by atomic mass is 10.0. The second-order valence-electron chi connectivity index (χ2n) is 4.10. The summed E-state index contributed by atoms with van der Waals surface area (Å²) in [5, 5.41) is 9.56. The number of carbonyl (C=O) groups excluding carboxylic acids is 1. The molecule has 0 radical (unpaired) electrons. The molecule has 0 spiro atoms. The fraction of sp³-hybridized carbons (Fsp3) is 0.909. The zero-order valence-corrected chi connectivity index (χ0v) is 10.8. The first-order valence-electron chi connectivity index (χ1n) is 5.39. The highest BCUT2D eigenvalue weighted by molar-refractivity contribution is 5.72. The molecular formula is C11H23NO4. The van der Waals surface area contributed by atoms with Crippen LogP contribution >= 0.6 is 0 Å². The summed E-state index contributed by atoms with van der Waals surface area (Å²) >= 11 is 0. The van der Waals surface area contributed by atoms with Crippen LogP contribution in [0.25, 0.3) is 0 Å². The number of likely N-dealkylation sites (N-methyl/N-ethyl adjacent to an activating group) is 1. The van der Waals surface area contributed by atoms with Crippen LogP contribution in [0.15, 0.2) is 0 Å². The van der Waals surface area contributed by atoms with Crippen molar-refractivity contribution in [2.24, 2.45) is 5.92 Å². The molecule has 3 atom stereocenters. The molecule has 0 aliphatic heterocycles. The molecule has 0 aromatic rings. The smallest absolute Gasteiger partial charge is 0.309 e. The molecule has 0 fully saturated rings. The number of aliphatic hydroxyl groups excluding tert-OH is 1. The number of nitrogens with zero attached hydrogens (tertiary/aromatic N) is 1. The van der Waals surface area contributed by atoms with Crippen LogP contribution in [0, 0.1) is 5.92 Å². The topological polar surface area (TPSA) is 59.0 Å². The number of methoxy groups -OCH3 is 2. The van der Waals surface area contributed by atoms with Gasteiger partial charge in [0.05, 0.1) is 25.7 Å². The summed E-state index contributed by atoms with van der Waals surface area (Å²) < 4.78 is 9.53. The summed E-state index contributed by atoms with van der Waals surface area (Å²) in [5.74, 6) is -0.453. The van der Waals surface area contributed by atoms with Crippen molar-refractivity contribution in [3.05, 3.63) is 0 Å². The van der Waals surface area contributed by atoms with Gasteiger partial charge in [0.2, 0.25) is 0 Å². The minimum absolute atomic E-state index is 0.0129. The van der Waals surface area contributed by atoms with Gasteiger partial charge in [-0.2, -0.15) is 0 Å². The molecule has 0 amide bonds. The van der Waals surface area contributed by atoms with Gasteiger partial charge in [0.25, 0.3) is 0 Å². The summed E-state index contributed by atoms with van der Waals surface area (Å²) in [6.07, 6.45) is -0.540. The van der Waals surface area contributed by atoms with E-state index in [-0.39, 0.29) is 17.9 Å². The predicted molar refractivity (Wildman–Crippen MR) is 61.2 cm³/mol. The Kier molecular flexibility index (Phi) is 7.29. The molecule has 0 aromatic carbocycles. The first-order chi connectivity index (χ1) is 7.43. The molecule has 0 rings (SSSR count). The average Bonchev–Trinajstić information content (AvgIpc) is 2.26. The molecule has 3 unspecified atom stereocenters. The maximum absolute atomic E-state index is 11.3. The molecule has 1 N–H and O–H groups in total. The van der Waals surface area contributed by atoms with E-state index >= 15 is 0 Å². The van der Waals surface area contributed by atoms with Gasteiger partial charge in [-0.15, -0.1) is 0 Å². The van der Waals surface area contributed by atoms with Gasteiger partial charge in [0.15, 0.2) is 0 Å². The summed E-state index contributed by atoms with van der Waals surface area (Å²) in [7, 11) is 4.79. The molecular weight excluding hydrogens is 210 g/mol. The maximum atomic E-state index is 11.3. The number of rotatable bonds is 7. The van der Waals surface area contributed by atoms with Crippen LogP contribution in [-0.4, -0.2) is 62.5 Å². The summed E-state index contributed by atoms with van der Waals surface area (Å²) in [6, 6.07) is 0.0129. The second kappa shape index (κ2) is 7.60. The molecule has 96 valence electrons. The van der Waals surface area contributed by atoms with E-state index in [2.05, 4.69) is 4.74 Å². The summed E-state index contributed by atoms with van der Waals surface area (Å²) in [6.45, 7) is 4.51. The van der Waals surface area contributed by atoms with E-state index in [0.29, 0.717) is 13.2 Å². The number of hydrogen-bond acceptors (Lipinski definition) is 5. The fourth-order valence-electron chi connectivity index (χ4n) is 1.51. The highest BCUT2D eigenvalue weighted by atomic mass is 16.5. The Balaban J connectivity index is 4.16. The highest BCUT2D eigenvalue weighted by Gasteiger charge is 2.25. The summed E-state index contributed by atoms with van der Waals surface area (Å²) in [4.78, 5) is 13.3. The number of hydrogen-bond donors (Lipinski definition) is 1. The van der Waals surface area contributed by atoms with Crippen molar-refractivity contribution < 1.29 is 19.4 Å². The minimum Gasteiger partial charge on any atom is -0.469 e. The van der Waals surface area contributed by atoms with E-state index in [1.165, 1.54) is 7.11 Å². The van der Waals surface area contributed by atoms with Crippen molar-refractivity contribution in [1.29, 1.82) is 0 Å². The van der Waals surface area contributed by atoms with Crippen LogP contribution in [-0.2, 0) is 14.3 Å². The third-order valence-electron chi connectivity index (χ3n) is 2.85. The number of ether oxygens (including phenoxy) is 2. The van der Waals surface area contributed by atoms with Crippen molar-refractivity contribution in [2.75, 3.05) is 34.4 Å². The van der Waals surface area contributed by atoms with E-state index in [0.717, 1.165) is 0 Å². The molecule has 0 saturated carbocycles. The van der Waals surface area contributed by atoms with E-state index in [9.17, 15) is 9.90 Å². The van der Waals surface area contributed by atoms with Crippen LogP contribution < -0.4 is 0 Å². The Labute approximate surface area is 97.3 Å². The molecule has 0 saturated heterocycles. The standard InChI is InChI=1S/C11H23NO4/c1-8(11(14)16-5)9(2)12(3)6-10(13)7-15-4/h8-10,13H,6-7H2,1-5H3. The van der Waals surface area contributed by atoms with Crippen molar-refractivity contribution >= 4 is 5.97 Å². The lowest BCUT2D eigenvalue weighted by Gasteiger charge is -2.29. The maximum Gasteiger partial charge on any atom is 0.309 e. The molecule has 0 heterocycles. The van der Waals surface area contributed by atoms with Gasteiger partial charge in [0.1, 0.15) is 0 Å². The number of esters is 1. The Morgan fingerprint density at radius 1 is 1.38 bits per heavy atom. The Morgan fingerprint density at radius 3 is 2.38 bits per heavy atom. The average molecular weight is 233 g/mol. The molecule has 0 aromatic heterocycles. The van der Waals surface area contributed by atoms with Crippen LogP contribution in [0.4, 0.5) is 0 Å². The van der Waals surface area contributed by atoms with Gasteiger partial charge >= 0.3 is 5.97 Å².